The minimum atomic E-state index is -0.473. The quantitative estimate of drug-likeness (QED) is 0.621. The van der Waals surface area contributed by atoms with Crippen LogP contribution in [0.3, 0.4) is 0 Å². The van der Waals surface area contributed by atoms with E-state index < -0.39 is 5.60 Å². The van der Waals surface area contributed by atoms with Gasteiger partial charge in [0.15, 0.2) is 5.96 Å². The molecular weight excluding hydrogens is 284 g/mol. The molecule has 1 aliphatic heterocycles. The highest BCUT2D eigenvalue weighted by Crippen LogP contribution is 2.11. The number of carbonyl (C=O) groups excluding carboxylic acids is 1. The first-order valence-electron chi connectivity index (χ1n) is 7.36. The molecule has 0 radical (unpaired) electrons. The molecule has 2 rings (SSSR count). The van der Waals surface area contributed by atoms with E-state index in [1.807, 2.05) is 31.7 Å². The van der Waals surface area contributed by atoms with Gasteiger partial charge in [-0.05, 0) is 26.8 Å². The number of guanidine groups is 1. The lowest BCUT2D eigenvalue weighted by Crippen LogP contribution is -2.53. The number of amides is 1. The number of rotatable bonds is 2. The van der Waals surface area contributed by atoms with Crippen molar-refractivity contribution in [3.63, 3.8) is 0 Å². The number of aliphatic imine (C=N–C) groups is 1. The van der Waals surface area contributed by atoms with Crippen molar-refractivity contribution in [3.05, 3.63) is 18.0 Å². The summed E-state index contributed by atoms with van der Waals surface area (Å²) < 4.78 is 5.37. The number of nitrogens with one attached hydrogen (secondary N) is 1. The molecule has 8 nitrogen and oxygen atoms in total. The van der Waals surface area contributed by atoms with Crippen LogP contribution < -0.4 is 5.73 Å². The van der Waals surface area contributed by atoms with E-state index in [0.29, 0.717) is 38.7 Å². The molecule has 122 valence electrons. The fourth-order valence-corrected chi connectivity index (χ4v) is 2.08. The predicted octanol–water partition coefficient (Wildman–Crippen LogP) is 0.777. The highest BCUT2D eigenvalue weighted by Gasteiger charge is 2.26. The third-order valence-electron chi connectivity index (χ3n) is 3.23. The average molecular weight is 308 g/mol. The smallest absolute Gasteiger partial charge is 0.410 e. The molecule has 1 saturated heterocycles. The van der Waals surface area contributed by atoms with E-state index in [0.717, 1.165) is 5.69 Å². The minimum absolute atomic E-state index is 0.278. The van der Waals surface area contributed by atoms with Crippen molar-refractivity contribution in [2.24, 2.45) is 10.7 Å². The fraction of sp³-hybridized carbons (Fsp3) is 0.643. The summed E-state index contributed by atoms with van der Waals surface area (Å²) in [5.41, 5.74) is 6.43. The molecule has 1 aromatic heterocycles. The lowest BCUT2D eigenvalue weighted by molar-refractivity contribution is 0.0186. The summed E-state index contributed by atoms with van der Waals surface area (Å²) in [4.78, 5) is 20.0. The average Bonchev–Trinajstić information content (AvgIpc) is 2.96. The largest absolute Gasteiger partial charge is 0.444 e. The van der Waals surface area contributed by atoms with Gasteiger partial charge in [0.2, 0.25) is 0 Å². The van der Waals surface area contributed by atoms with Gasteiger partial charge in [0.25, 0.3) is 0 Å². The number of H-pyrrole nitrogens is 1. The van der Waals surface area contributed by atoms with Crippen molar-refractivity contribution < 1.29 is 9.53 Å². The summed E-state index contributed by atoms with van der Waals surface area (Å²) >= 11 is 0. The summed E-state index contributed by atoms with van der Waals surface area (Å²) in [5, 5.41) is 6.70. The van der Waals surface area contributed by atoms with Gasteiger partial charge in [-0.3, -0.25) is 5.10 Å². The van der Waals surface area contributed by atoms with Crippen molar-refractivity contribution in [2.45, 2.75) is 32.9 Å². The summed E-state index contributed by atoms with van der Waals surface area (Å²) in [6.07, 6.45) is 1.40. The molecule has 0 aliphatic carbocycles. The SMILES string of the molecule is CC(C)(C)OC(=O)N1CCN(C(N)=NCc2ccn[nH]2)CC1. The molecule has 2 heterocycles. The van der Waals surface area contributed by atoms with Crippen LogP contribution in [0.1, 0.15) is 26.5 Å². The van der Waals surface area contributed by atoms with Crippen molar-refractivity contribution in [1.29, 1.82) is 0 Å². The zero-order valence-electron chi connectivity index (χ0n) is 13.4. The Morgan fingerprint density at radius 1 is 1.36 bits per heavy atom. The topological polar surface area (TPSA) is 99.8 Å². The second-order valence-electron chi connectivity index (χ2n) is 6.21. The molecule has 1 amide bonds. The minimum Gasteiger partial charge on any atom is -0.444 e. The van der Waals surface area contributed by atoms with Crippen molar-refractivity contribution in [2.75, 3.05) is 26.2 Å². The number of hydrogen-bond donors (Lipinski definition) is 2. The van der Waals surface area contributed by atoms with E-state index in [1.54, 1.807) is 11.1 Å². The van der Waals surface area contributed by atoms with Gasteiger partial charge in [0, 0.05) is 32.4 Å². The van der Waals surface area contributed by atoms with Crippen molar-refractivity contribution in [1.82, 2.24) is 20.0 Å². The maximum absolute atomic E-state index is 12.0. The summed E-state index contributed by atoms with van der Waals surface area (Å²) in [5.74, 6) is 0.485. The highest BCUT2D eigenvalue weighted by molar-refractivity contribution is 5.78. The summed E-state index contributed by atoms with van der Waals surface area (Å²) in [7, 11) is 0. The van der Waals surface area contributed by atoms with Gasteiger partial charge in [0.05, 0.1) is 12.2 Å². The maximum Gasteiger partial charge on any atom is 0.410 e. The Morgan fingerprint density at radius 2 is 2.00 bits per heavy atom. The van der Waals surface area contributed by atoms with Crippen LogP contribution in [0, 0.1) is 0 Å². The van der Waals surface area contributed by atoms with Gasteiger partial charge in [0.1, 0.15) is 5.60 Å². The lowest BCUT2D eigenvalue weighted by Gasteiger charge is -2.36. The molecular formula is C14H24N6O2. The molecule has 22 heavy (non-hydrogen) atoms. The van der Waals surface area contributed by atoms with Gasteiger partial charge in [-0.25, -0.2) is 9.79 Å². The molecule has 3 N–H and O–H groups in total. The van der Waals surface area contributed by atoms with Gasteiger partial charge in [-0.2, -0.15) is 5.10 Å². The maximum atomic E-state index is 12.0. The monoisotopic (exact) mass is 308 g/mol. The molecule has 0 aromatic carbocycles. The molecule has 0 unspecified atom stereocenters. The first kappa shape index (κ1) is 16.1. The van der Waals surface area contributed by atoms with Crippen LogP contribution in [-0.2, 0) is 11.3 Å². The molecule has 1 fully saturated rings. The number of nitrogens with two attached hydrogens (primary N) is 1. The van der Waals surface area contributed by atoms with Crippen LogP contribution in [0.25, 0.3) is 0 Å². The summed E-state index contributed by atoms with van der Waals surface area (Å²) in [6, 6.07) is 1.86. The van der Waals surface area contributed by atoms with Crippen LogP contribution >= 0.6 is 0 Å². The van der Waals surface area contributed by atoms with Gasteiger partial charge >= 0.3 is 6.09 Å². The lowest BCUT2D eigenvalue weighted by atomic mass is 10.2. The van der Waals surface area contributed by atoms with E-state index in [2.05, 4.69) is 15.2 Å². The van der Waals surface area contributed by atoms with Crippen LogP contribution in [0.5, 0.6) is 0 Å². The van der Waals surface area contributed by atoms with Crippen molar-refractivity contribution in [3.8, 4) is 0 Å². The number of aromatic nitrogens is 2. The number of hydrogen-bond acceptors (Lipinski definition) is 4. The Labute approximate surface area is 130 Å². The Hall–Kier alpha value is -2.25. The molecule has 0 atom stereocenters. The number of nitrogens with zero attached hydrogens (tertiary/aromatic N) is 4. The summed E-state index contributed by atoms with van der Waals surface area (Å²) in [6.45, 7) is 8.52. The first-order chi connectivity index (χ1) is 10.3. The number of piperazine rings is 1. The third kappa shape index (κ3) is 4.64. The van der Waals surface area contributed by atoms with E-state index in [4.69, 9.17) is 10.5 Å². The zero-order valence-corrected chi connectivity index (χ0v) is 13.4. The van der Waals surface area contributed by atoms with E-state index in [9.17, 15) is 4.79 Å². The van der Waals surface area contributed by atoms with E-state index >= 15 is 0 Å². The number of ether oxygens (including phenoxy) is 1. The Bertz CT molecular complexity index is 512. The molecule has 8 heteroatoms. The van der Waals surface area contributed by atoms with Crippen LogP contribution in [0.15, 0.2) is 17.3 Å². The molecule has 0 bridgehead atoms. The molecule has 1 aliphatic rings. The number of aromatic amines is 1. The highest BCUT2D eigenvalue weighted by atomic mass is 16.6. The van der Waals surface area contributed by atoms with E-state index in [-0.39, 0.29) is 6.09 Å². The number of carbonyl (C=O) groups is 1. The van der Waals surface area contributed by atoms with Crippen molar-refractivity contribution >= 4 is 12.1 Å². The van der Waals surface area contributed by atoms with Crippen LogP contribution in [-0.4, -0.2) is 63.8 Å². The Morgan fingerprint density at radius 3 is 2.55 bits per heavy atom. The zero-order chi connectivity index (χ0) is 16.2. The van der Waals surface area contributed by atoms with Crippen LogP contribution in [0.4, 0.5) is 4.79 Å². The Balaban J connectivity index is 1.81. The van der Waals surface area contributed by atoms with Gasteiger partial charge in [-0.1, -0.05) is 0 Å². The normalized spacial score (nSPS) is 16.8. The molecule has 0 saturated carbocycles. The molecule has 0 spiro atoms. The second-order valence-corrected chi connectivity index (χ2v) is 6.21. The Kier molecular flexibility index (Phi) is 4.89. The molecule has 1 aromatic rings. The van der Waals surface area contributed by atoms with Crippen LogP contribution in [0.2, 0.25) is 0 Å². The first-order valence-corrected chi connectivity index (χ1v) is 7.36. The predicted molar refractivity (Wildman–Crippen MR) is 83.3 cm³/mol. The standard InChI is InChI=1S/C14H24N6O2/c1-14(2,3)22-13(21)20-8-6-19(7-9-20)12(15)16-10-11-4-5-17-18-11/h4-5H,6-10H2,1-3H3,(H2,15,16)(H,17,18). The van der Waals surface area contributed by atoms with Gasteiger partial charge in [-0.15, -0.1) is 0 Å². The second kappa shape index (κ2) is 6.67. The third-order valence-corrected chi connectivity index (χ3v) is 3.23. The van der Waals surface area contributed by atoms with E-state index in [1.165, 1.54) is 0 Å². The fourth-order valence-electron chi connectivity index (χ4n) is 2.08. The van der Waals surface area contributed by atoms with Gasteiger partial charge < -0.3 is 20.3 Å².